The smallest absolute Gasteiger partial charge is 0.164 e. The number of fused-ring (bicyclic) bond motifs is 4. The van der Waals surface area contributed by atoms with Gasteiger partial charge in [-0.15, -0.1) is 34.9 Å². The van der Waals surface area contributed by atoms with Crippen LogP contribution in [0.1, 0.15) is 123 Å². The molecule has 4 heteroatoms. The zero-order valence-electron chi connectivity index (χ0n) is 32.0. The van der Waals surface area contributed by atoms with Crippen molar-refractivity contribution >= 4 is 16.7 Å². The zero-order chi connectivity index (χ0) is 35.6. The van der Waals surface area contributed by atoms with Gasteiger partial charge in [0.2, 0.25) is 0 Å². The fourth-order valence-corrected chi connectivity index (χ4v) is 6.95. The molecule has 4 aromatic rings. The van der Waals surface area contributed by atoms with Crippen LogP contribution in [0.3, 0.4) is 0 Å². The maximum Gasteiger partial charge on any atom is 0.164 e. The normalized spacial score (nSPS) is 13.8. The Bertz CT molecular complexity index is 1800. The second kappa shape index (κ2) is 15.9. The fraction of sp³-hybridized carbons (Fsp3) is 0.467. The van der Waals surface area contributed by atoms with Gasteiger partial charge in [-0.05, 0) is 83.7 Å². The topological polar surface area (TPSA) is 50.2 Å². The van der Waals surface area contributed by atoms with Crippen molar-refractivity contribution < 1.29 is 30.0 Å². The number of carbonyl (C=O) groups is 1. The summed E-state index contributed by atoms with van der Waals surface area (Å²) >= 11 is 0. The van der Waals surface area contributed by atoms with E-state index in [9.17, 15) is 9.90 Å². The summed E-state index contributed by atoms with van der Waals surface area (Å²) in [6.07, 6.45) is 5.80. The Hall–Kier alpha value is -3.07. The minimum Gasteiger partial charge on any atom is -0.512 e. The van der Waals surface area contributed by atoms with Gasteiger partial charge < -0.3 is 5.11 Å². The zero-order valence-corrected chi connectivity index (χ0v) is 34.4. The summed E-state index contributed by atoms with van der Waals surface area (Å²) in [5.41, 5.74) is 11.9. The number of hydrogen-bond acceptors (Lipinski definition) is 3. The second-order valence-corrected chi connectivity index (χ2v) is 15.5. The number of aryl methyl sites for hydroxylation is 2. The maximum absolute atomic E-state index is 12.2. The Morgan fingerprint density at radius 3 is 2.06 bits per heavy atom. The van der Waals surface area contributed by atoms with Crippen molar-refractivity contribution in [1.82, 2.24) is 4.98 Å². The molecule has 0 bridgehead atoms. The number of hydrogen-bond donors (Lipinski definition) is 1. The quantitative estimate of drug-likeness (QED) is 0.0983. The number of ketones is 1. The van der Waals surface area contributed by atoms with Crippen molar-refractivity contribution in [2.45, 2.75) is 121 Å². The molecule has 1 aromatic heterocycles. The molecule has 0 spiro atoms. The predicted octanol–water partition coefficient (Wildman–Crippen LogP) is 12.5. The van der Waals surface area contributed by atoms with Gasteiger partial charge in [-0.2, -0.15) is 0 Å². The molecular weight excluding hydrogens is 779 g/mol. The predicted molar refractivity (Wildman–Crippen MR) is 205 cm³/mol. The molecule has 0 atom stereocenters. The van der Waals surface area contributed by atoms with Crippen molar-refractivity contribution in [2.75, 3.05) is 0 Å². The monoisotopic (exact) mass is 837 g/mol. The van der Waals surface area contributed by atoms with E-state index in [0.717, 1.165) is 54.4 Å². The molecule has 0 aliphatic heterocycles. The Morgan fingerprint density at radius 2 is 1.49 bits per heavy atom. The molecule has 1 N–H and O–H groups in total. The number of aliphatic hydroxyl groups excluding tert-OH is 1. The first-order chi connectivity index (χ1) is 22.5. The molecular formula is C45H58IrNO2-. The molecule has 1 aliphatic carbocycles. The molecule has 1 aliphatic rings. The van der Waals surface area contributed by atoms with Crippen LogP contribution < -0.4 is 0 Å². The summed E-state index contributed by atoms with van der Waals surface area (Å²) in [6, 6.07) is 23.8. The molecule has 0 saturated heterocycles. The molecule has 1 heterocycles. The van der Waals surface area contributed by atoms with E-state index in [1.54, 1.807) is 0 Å². The van der Waals surface area contributed by atoms with E-state index in [1.807, 2.05) is 41.5 Å². The van der Waals surface area contributed by atoms with Crippen LogP contribution in [0.25, 0.3) is 33.3 Å². The number of allylic oxidation sites excluding steroid dienone is 2. The molecule has 0 fully saturated rings. The van der Waals surface area contributed by atoms with Crippen molar-refractivity contribution in [1.29, 1.82) is 0 Å². The van der Waals surface area contributed by atoms with E-state index < -0.39 is 0 Å². The molecule has 3 nitrogen and oxygen atoms in total. The van der Waals surface area contributed by atoms with Crippen molar-refractivity contribution in [3.63, 3.8) is 0 Å². The molecule has 0 saturated carbocycles. The van der Waals surface area contributed by atoms with Crippen LogP contribution >= 0.6 is 0 Å². The van der Waals surface area contributed by atoms with Gasteiger partial charge in [0.1, 0.15) is 5.76 Å². The number of carbonyl (C=O) groups excluding carboxylic acids is 1. The Morgan fingerprint density at radius 1 is 0.878 bits per heavy atom. The minimum atomic E-state index is -0.337. The maximum atomic E-state index is 12.2. The van der Waals surface area contributed by atoms with E-state index in [2.05, 4.69) is 102 Å². The van der Waals surface area contributed by atoms with Crippen LogP contribution in [-0.2, 0) is 36.7 Å². The van der Waals surface area contributed by atoms with E-state index in [0.29, 0.717) is 5.92 Å². The van der Waals surface area contributed by atoms with Gasteiger partial charge in [-0.1, -0.05) is 113 Å². The average molecular weight is 837 g/mol. The number of pyridine rings is 1. The summed E-state index contributed by atoms with van der Waals surface area (Å²) in [6.45, 7) is 25.6. The Kier molecular flexibility index (Phi) is 13.1. The van der Waals surface area contributed by atoms with E-state index in [-0.39, 0.29) is 47.9 Å². The SMILES string of the molecule is CCC(C)(CC)C(=O)/C=C(\O)C(C)(CC)CC.Cc1[c-]c(-c2cc(CC(C)C)c3cc4c(cc3n2)C(C)(C)c2ccccc2-4)cc(C)c1.[Ir]. The molecule has 49 heavy (non-hydrogen) atoms. The third kappa shape index (κ3) is 8.29. The minimum absolute atomic E-state index is 0. The Balaban J connectivity index is 0.000000312. The van der Waals surface area contributed by atoms with Gasteiger partial charge in [0.05, 0.1) is 5.52 Å². The standard InChI is InChI=1S/C30H30N.C15H28O2.Ir/c1-18(2)11-21-15-28(22-13-19(3)12-20(4)14-22)31-29-17-27-25(16-24(21)29)23-9-7-8-10-26(23)30(27,5)6;1-7-14(5,8-2)12(16)11-13(17)15(6,9-3)10-4;/h7-10,12-13,15-18H,11H2,1-6H3;11,16H,7-10H2,1-6H3;/q-1;;/b;12-11-;. The Labute approximate surface area is 310 Å². The van der Waals surface area contributed by atoms with Gasteiger partial charge >= 0.3 is 0 Å². The number of aliphatic hydroxyl groups is 1. The van der Waals surface area contributed by atoms with Crippen LogP contribution in [0.15, 0.2) is 66.4 Å². The number of nitrogens with zero attached hydrogens (tertiary/aromatic N) is 1. The van der Waals surface area contributed by atoms with Gasteiger partial charge in [0, 0.05) is 47.8 Å². The first-order valence-corrected chi connectivity index (χ1v) is 18.1. The summed E-state index contributed by atoms with van der Waals surface area (Å²) in [4.78, 5) is 17.3. The molecule has 3 aromatic carbocycles. The number of benzene rings is 3. The number of aromatic nitrogens is 1. The van der Waals surface area contributed by atoms with Gasteiger partial charge in [0.15, 0.2) is 5.78 Å². The third-order valence-electron chi connectivity index (χ3n) is 11.3. The van der Waals surface area contributed by atoms with E-state index in [1.165, 1.54) is 44.8 Å². The average Bonchev–Trinajstić information content (AvgIpc) is 3.28. The first-order valence-electron chi connectivity index (χ1n) is 18.1. The van der Waals surface area contributed by atoms with Crippen LogP contribution in [0.4, 0.5) is 0 Å². The molecule has 5 rings (SSSR count). The third-order valence-corrected chi connectivity index (χ3v) is 11.3. The van der Waals surface area contributed by atoms with Gasteiger partial charge in [0.25, 0.3) is 0 Å². The van der Waals surface area contributed by atoms with Crippen molar-refractivity contribution in [2.24, 2.45) is 16.7 Å². The van der Waals surface area contributed by atoms with Crippen LogP contribution in [0.5, 0.6) is 0 Å². The first kappa shape index (κ1) is 40.4. The van der Waals surface area contributed by atoms with Crippen LogP contribution in [0, 0.1) is 36.7 Å². The molecule has 265 valence electrons. The molecule has 0 amide bonds. The largest absolute Gasteiger partial charge is 0.512 e. The summed E-state index contributed by atoms with van der Waals surface area (Å²) in [5.74, 6) is 0.868. The van der Waals surface area contributed by atoms with E-state index >= 15 is 0 Å². The van der Waals surface area contributed by atoms with Gasteiger partial charge in [-0.3, -0.25) is 9.78 Å². The second-order valence-electron chi connectivity index (χ2n) is 15.5. The van der Waals surface area contributed by atoms with Gasteiger partial charge in [-0.25, -0.2) is 0 Å². The van der Waals surface area contributed by atoms with Crippen LogP contribution in [0.2, 0.25) is 0 Å². The molecule has 1 radical (unpaired) electrons. The van der Waals surface area contributed by atoms with Crippen LogP contribution in [-0.4, -0.2) is 15.9 Å². The molecule has 0 unspecified atom stereocenters. The summed E-state index contributed by atoms with van der Waals surface area (Å²) in [5, 5.41) is 11.4. The number of rotatable bonds is 10. The van der Waals surface area contributed by atoms with E-state index in [4.69, 9.17) is 4.98 Å². The summed E-state index contributed by atoms with van der Waals surface area (Å²) in [7, 11) is 0. The van der Waals surface area contributed by atoms with Crippen molar-refractivity contribution in [3.8, 4) is 22.4 Å². The van der Waals surface area contributed by atoms with Crippen molar-refractivity contribution in [3.05, 3.63) is 100 Å². The fourth-order valence-electron chi connectivity index (χ4n) is 6.95. The summed E-state index contributed by atoms with van der Waals surface area (Å²) < 4.78 is 0.